The number of ketones is 1. The number of rotatable bonds is 7. The van der Waals surface area contributed by atoms with Crippen LogP contribution in [0.3, 0.4) is 0 Å². The van der Waals surface area contributed by atoms with E-state index in [1.165, 1.54) is 6.07 Å². The number of piperidine rings is 1. The van der Waals surface area contributed by atoms with Gasteiger partial charge in [0.1, 0.15) is 5.82 Å². The molecule has 30 heavy (non-hydrogen) atoms. The summed E-state index contributed by atoms with van der Waals surface area (Å²) in [6, 6.07) is 10.2. The molecule has 1 N–H and O–H groups in total. The standard InChI is InChI=1S/C21H22ClFN2O4.ClH/c22-16-5-3-15(4-6-16)21(27)9-12-24(13-10-21)11-1-2-20(26)18-8-7-17(23)14-19(18)25(28)29;/h3-8,14,27H,1-2,9-13H2;1H. The number of likely N-dealkylation sites (tertiary alicyclic amines) is 1. The molecule has 1 fully saturated rings. The average Bonchev–Trinajstić information content (AvgIpc) is 2.69. The second kappa shape index (κ2) is 10.3. The number of nitro benzene ring substituents is 1. The van der Waals surface area contributed by atoms with Crippen LogP contribution in [0.2, 0.25) is 5.02 Å². The van der Waals surface area contributed by atoms with Crippen LogP contribution in [-0.4, -0.2) is 40.3 Å². The van der Waals surface area contributed by atoms with Crippen LogP contribution >= 0.6 is 24.0 Å². The molecular formula is C21H23Cl2FN2O4. The zero-order valence-electron chi connectivity index (χ0n) is 16.2. The number of carbonyl (C=O) groups is 1. The molecule has 0 aromatic heterocycles. The first-order valence-electron chi connectivity index (χ1n) is 9.46. The van der Waals surface area contributed by atoms with Gasteiger partial charge in [-0.15, -0.1) is 12.4 Å². The molecular weight excluding hydrogens is 434 g/mol. The van der Waals surface area contributed by atoms with Crippen LogP contribution < -0.4 is 0 Å². The van der Waals surface area contributed by atoms with Crippen molar-refractivity contribution in [2.75, 3.05) is 19.6 Å². The number of Topliss-reactive ketones (excluding diaryl/α,β-unsaturated/α-hetero) is 1. The van der Waals surface area contributed by atoms with Gasteiger partial charge in [-0.25, -0.2) is 4.39 Å². The molecule has 0 amide bonds. The molecule has 0 atom stereocenters. The molecule has 0 aliphatic carbocycles. The van der Waals surface area contributed by atoms with Crippen molar-refractivity contribution in [3.63, 3.8) is 0 Å². The van der Waals surface area contributed by atoms with Crippen molar-refractivity contribution in [1.29, 1.82) is 0 Å². The first kappa shape index (κ1) is 24.2. The van der Waals surface area contributed by atoms with Crippen molar-refractivity contribution < 1.29 is 19.2 Å². The van der Waals surface area contributed by atoms with E-state index in [0.29, 0.717) is 43.9 Å². The van der Waals surface area contributed by atoms with Crippen LogP contribution in [0.15, 0.2) is 42.5 Å². The van der Waals surface area contributed by atoms with Gasteiger partial charge in [0.25, 0.3) is 5.69 Å². The molecule has 0 unspecified atom stereocenters. The number of aliphatic hydroxyl groups is 1. The number of hydrogen-bond acceptors (Lipinski definition) is 5. The van der Waals surface area contributed by atoms with Gasteiger partial charge in [-0.3, -0.25) is 14.9 Å². The Morgan fingerprint density at radius 1 is 1.20 bits per heavy atom. The van der Waals surface area contributed by atoms with Gasteiger partial charge in [0, 0.05) is 24.5 Å². The Labute approximate surface area is 185 Å². The lowest BCUT2D eigenvalue weighted by Gasteiger charge is -2.38. The van der Waals surface area contributed by atoms with E-state index in [-0.39, 0.29) is 30.2 Å². The van der Waals surface area contributed by atoms with Crippen LogP contribution in [0.1, 0.15) is 41.6 Å². The van der Waals surface area contributed by atoms with E-state index in [4.69, 9.17) is 11.6 Å². The summed E-state index contributed by atoms with van der Waals surface area (Å²) in [5.41, 5.74) is -0.598. The molecule has 9 heteroatoms. The van der Waals surface area contributed by atoms with Gasteiger partial charge >= 0.3 is 0 Å². The van der Waals surface area contributed by atoms with Crippen LogP contribution in [0.5, 0.6) is 0 Å². The number of hydrogen-bond donors (Lipinski definition) is 1. The highest BCUT2D eigenvalue weighted by molar-refractivity contribution is 6.30. The van der Waals surface area contributed by atoms with Gasteiger partial charge in [0.05, 0.1) is 22.2 Å². The molecule has 0 radical (unpaired) electrons. The number of halogens is 3. The van der Waals surface area contributed by atoms with Crippen molar-refractivity contribution in [3.8, 4) is 0 Å². The Kier molecular flexibility index (Phi) is 8.32. The summed E-state index contributed by atoms with van der Waals surface area (Å²) in [6.07, 6.45) is 1.83. The zero-order chi connectivity index (χ0) is 21.0. The second-order valence-corrected chi connectivity index (χ2v) is 7.76. The van der Waals surface area contributed by atoms with Crippen LogP contribution in [-0.2, 0) is 5.60 Å². The van der Waals surface area contributed by atoms with E-state index < -0.39 is 22.0 Å². The van der Waals surface area contributed by atoms with Gasteiger partial charge in [0.15, 0.2) is 5.78 Å². The molecule has 3 rings (SSSR count). The van der Waals surface area contributed by atoms with E-state index in [1.54, 1.807) is 12.1 Å². The number of nitrogens with zero attached hydrogens (tertiary/aromatic N) is 2. The second-order valence-electron chi connectivity index (χ2n) is 7.33. The molecule has 2 aromatic carbocycles. The maximum atomic E-state index is 13.2. The predicted molar refractivity (Wildman–Crippen MR) is 115 cm³/mol. The maximum absolute atomic E-state index is 13.2. The maximum Gasteiger partial charge on any atom is 0.283 e. The van der Waals surface area contributed by atoms with Gasteiger partial charge < -0.3 is 10.0 Å². The first-order valence-corrected chi connectivity index (χ1v) is 9.84. The lowest BCUT2D eigenvalue weighted by atomic mass is 9.84. The normalized spacial score (nSPS) is 16.0. The highest BCUT2D eigenvalue weighted by Crippen LogP contribution is 2.33. The molecule has 1 heterocycles. The molecule has 0 spiro atoms. The molecule has 6 nitrogen and oxygen atoms in total. The van der Waals surface area contributed by atoms with Crippen molar-refractivity contribution in [3.05, 3.63) is 74.5 Å². The van der Waals surface area contributed by atoms with Gasteiger partial charge in [-0.1, -0.05) is 23.7 Å². The van der Waals surface area contributed by atoms with Crippen molar-refractivity contribution in [1.82, 2.24) is 4.90 Å². The zero-order valence-corrected chi connectivity index (χ0v) is 17.8. The smallest absolute Gasteiger partial charge is 0.283 e. The highest BCUT2D eigenvalue weighted by Gasteiger charge is 2.33. The monoisotopic (exact) mass is 456 g/mol. The fraction of sp³-hybridized carbons (Fsp3) is 0.381. The van der Waals surface area contributed by atoms with E-state index >= 15 is 0 Å². The Balaban J connectivity index is 0.00000320. The van der Waals surface area contributed by atoms with E-state index in [2.05, 4.69) is 4.90 Å². The quantitative estimate of drug-likeness (QED) is 0.369. The molecule has 162 valence electrons. The fourth-order valence-corrected chi connectivity index (χ4v) is 3.81. The fourth-order valence-electron chi connectivity index (χ4n) is 3.68. The number of carbonyl (C=O) groups excluding carboxylic acids is 1. The minimum Gasteiger partial charge on any atom is -0.385 e. The number of nitro groups is 1. The first-order chi connectivity index (χ1) is 13.8. The SMILES string of the molecule is Cl.O=C(CCCN1CCC(O)(c2ccc(Cl)cc2)CC1)c1ccc(F)cc1[N+](=O)[O-]. The average molecular weight is 457 g/mol. The Morgan fingerprint density at radius 2 is 1.83 bits per heavy atom. The summed E-state index contributed by atoms with van der Waals surface area (Å²) < 4.78 is 13.2. The predicted octanol–water partition coefficient (Wildman–Crippen LogP) is 4.76. The van der Waals surface area contributed by atoms with E-state index in [0.717, 1.165) is 17.7 Å². The lowest BCUT2D eigenvalue weighted by molar-refractivity contribution is -0.385. The number of benzene rings is 2. The molecule has 1 saturated heterocycles. The van der Waals surface area contributed by atoms with Crippen molar-refractivity contribution in [2.45, 2.75) is 31.3 Å². The highest BCUT2D eigenvalue weighted by atomic mass is 35.5. The van der Waals surface area contributed by atoms with Crippen LogP contribution in [0.25, 0.3) is 0 Å². The third-order valence-electron chi connectivity index (χ3n) is 5.40. The molecule has 0 bridgehead atoms. The summed E-state index contributed by atoms with van der Waals surface area (Å²) in [5, 5.41) is 22.6. The Bertz CT molecular complexity index is 900. The third kappa shape index (κ3) is 5.76. The lowest BCUT2D eigenvalue weighted by Crippen LogP contribution is -2.42. The minimum absolute atomic E-state index is 0. The summed E-state index contributed by atoms with van der Waals surface area (Å²) in [6.45, 7) is 2.02. The van der Waals surface area contributed by atoms with E-state index in [1.807, 2.05) is 12.1 Å². The Hall–Kier alpha value is -2.06. The summed E-state index contributed by atoms with van der Waals surface area (Å²) in [4.78, 5) is 24.8. The largest absolute Gasteiger partial charge is 0.385 e. The van der Waals surface area contributed by atoms with Gasteiger partial charge in [0.2, 0.25) is 0 Å². The third-order valence-corrected chi connectivity index (χ3v) is 5.65. The van der Waals surface area contributed by atoms with Crippen LogP contribution in [0, 0.1) is 15.9 Å². The van der Waals surface area contributed by atoms with E-state index in [9.17, 15) is 24.4 Å². The summed E-state index contributed by atoms with van der Waals surface area (Å²) in [7, 11) is 0. The van der Waals surface area contributed by atoms with Crippen LogP contribution in [0.4, 0.5) is 10.1 Å². The molecule has 2 aromatic rings. The summed E-state index contributed by atoms with van der Waals surface area (Å²) >= 11 is 5.91. The van der Waals surface area contributed by atoms with Gasteiger partial charge in [-0.05, 0) is 55.6 Å². The minimum atomic E-state index is -0.883. The van der Waals surface area contributed by atoms with Crippen molar-refractivity contribution in [2.24, 2.45) is 0 Å². The van der Waals surface area contributed by atoms with Crippen molar-refractivity contribution >= 4 is 35.5 Å². The van der Waals surface area contributed by atoms with Gasteiger partial charge in [-0.2, -0.15) is 0 Å². The molecule has 0 saturated carbocycles. The summed E-state index contributed by atoms with van der Waals surface area (Å²) in [5.74, 6) is -1.11. The molecule has 1 aliphatic heterocycles. The molecule has 1 aliphatic rings. The Morgan fingerprint density at radius 3 is 2.43 bits per heavy atom. The topological polar surface area (TPSA) is 83.7 Å².